The minimum Gasteiger partial charge on any atom is -0.508 e. The molecule has 1 fully saturated rings. The second-order valence-electron chi connectivity index (χ2n) is 6.59. The molecule has 1 aliphatic heterocycles. The Kier molecular flexibility index (Phi) is 4.42. The van der Waals surface area contributed by atoms with Gasteiger partial charge in [0.15, 0.2) is 0 Å². The normalized spacial score (nSPS) is 19.4. The molecule has 8 heteroatoms. The zero-order valence-corrected chi connectivity index (χ0v) is 14.4. The number of halogens is 1. The molecule has 0 aromatic heterocycles. The maximum absolute atomic E-state index is 13.4. The number of nitrogens with zero attached hydrogens (tertiary/aromatic N) is 2. The Hall–Kier alpha value is -1.67. The van der Waals surface area contributed by atoms with E-state index >= 15 is 0 Å². The van der Waals surface area contributed by atoms with Gasteiger partial charge in [-0.2, -0.15) is 4.31 Å². The van der Waals surface area contributed by atoms with E-state index in [0.29, 0.717) is 0 Å². The molecule has 0 saturated carbocycles. The molecule has 1 N–H and O–H groups in total. The number of hydrogen-bond donors (Lipinski definition) is 1. The van der Waals surface area contributed by atoms with Crippen LogP contribution in [0.15, 0.2) is 23.1 Å². The molecule has 0 spiro atoms. The van der Waals surface area contributed by atoms with E-state index in [1.807, 2.05) is 13.8 Å². The Morgan fingerprint density at radius 1 is 1.26 bits per heavy atom. The molecule has 0 bridgehead atoms. The van der Waals surface area contributed by atoms with Crippen molar-refractivity contribution in [2.45, 2.75) is 44.2 Å². The zero-order chi connectivity index (χ0) is 17.6. The molecule has 0 aliphatic carbocycles. The fourth-order valence-electron chi connectivity index (χ4n) is 3.13. The van der Waals surface area contributed by atoms with Crippen molar-refractivity contribution in [1.82, 2.24) is 9.21 Å². The van der Waals surface area contributed by atoms with E-state index in [2.05, 4.69) is 0 Å². The van der Waals surface area contributed by atoms with Crippen LogP contribution in [0, 0.1) is 5.82 Å². The van der Waals surface area contributed by atoms with Crippen molar-refractivity contribution >= 4 is 15.9 Å². The lowest BCUT2D eigenvalue weighted by Crippen LogP contribution is -2.64. The number of sulfonamides is 1. The minimum absolute atomic E-state index is 0.0550. The lowest BCUT2D eigenvalue weighted by Gasteiger charge is -2.48. The number of phenols is 1. The monoisotopic (exact) mass is 344 g/mol. The van der Waals surface area contributed by atoms with Gasteiger partial charge in [-0.1, -0.05) is 0 Å². The van der Waals surface area contributed by atoms with Gasteiger partial charge >= 0.3 is 0 Å². The molecule has 1 aromatic carbocycles. The minimum atomic E-state index is -4.07. The van der Waals surface area contributed by atoms with Crippen molar-refractivity contribution in [2.24, 2.45) is 0 Å². The maximum atomic E-state index is 13.4. The Labute approximate surface area is 135 Å². The van der Waals surface area contributed by atoms with Crippen molar-refractivity contribution < 1.29 is 22.7 Å². The van der Waals surface area contributed by atoms with Crippen molar-refractivity contribution in [1.29, 1.82) is 0 Å². The average molecular weight is 344 g/mol. The number of carbonyl (C=O) groups is 1. The van der Waals surface area contributed by atoms with Gasteiger partial charge in [0.1, 0.15) is 11.6 Å². The highest BCUT2D eigenvalue weighted by Gasteiger charge is 2.44. The first-order valence-electron chi connectivity index (χ1n) is 7.27. The van der Waals surface area contributed by atoms with Crippen LogP contribution < -0.4 is 0 Å². The molecule has 6 nitrogen and oxygen atoms in total. The van der Waals surface area contributed by atoms with E-state index in [-0.39, 0.29) is 29.9 Å². The van der Waals surface area contributed by atoms with E-state index in [0.717, 1.165) is 22.5 Å². The van der Waals surface area contributed by atoms with E-state index in [4.69, 9.17) is 0 Å². The van der Waals surface area contributed by atoms with Crippen molar-refractivity contribution in [2.75, 3.05) is 13.1 Å². The lowest BCUT2D eigenvalue weighted by molar-refractivity contribution is -0.144. The van der Waals surface area contributed by atoms with Crippen LogP contribution in [-0.4, -0.2) is 53.3 Å². The molecule has 0 radical (unpaired) electrons. The summed E-state index contributed by atoms with van der Waals surface area (Å²) in [6, 6.07) is 2.58. The molecule has 1 heterocycles. The predicted octanol–water partition coefficient (Wildman–Crippen LogP) is 1.55. The molecule has 0 atom stereocenters. The summed E-state index contributed by atoms with van der Waals surface area (Å²) in [5.41, 5.74) is -0.689. The number of aromatic hydroxyl groups is 1. The summed E-state index contributed by atoms with van der Waals surface area (Å²) in [5, 5.41) is 9.43. The molecule has 128 valence electrons. The van der Waals surface area contributed by atoms with Gasteiger partial charge in [-0.15, -0.1) is 0 Å². The zero-order valence-electron chi connectivity index (χ0n) is 13.6. The van der Waals surface area contributed by atoms with Gasteiger partial charge in [0.25, 0.3) is 0 Å². The van der Waals surface area contributed by atoms with Gasteiger partial charge in [0.05, 0.1) is 17.0 Å². The molecule has 1 aliphatic rings. The topological polar surface area (TPSA) is 77.9 Å². The Morgan fingerprint density at radius 3 is 2.35 bits per heavy atom. The van der Waals surface area contributed by atoms with Gasteiger partial charge in [-0.3, -0.25) is 4.79 Å². The average Bonchev–Trinajstić information content (AvgIpc) is 2.34. The fraction of sp³-hybridized carbons (Fsp3) is 0.533. The number of benzene rings is 1. The van der Waals surface area contributed by atoms with E-state index in [9.17, 15) is 22.7 Å². The van der Waals surface area contributed by atoms with Crippen molar-refractivity contribution in [3.8, 4) is 5.75 Å². The summed E-state index contributed by atoms with van der Waals surface area (Å²) in [6.45, 7) is 7.10. The predicted molar refractivity (Wildman–Crippen MR) is 82.9 cm³/mol. The highest BCUT2D eigenvalue weighted by atomic mass is 32.2. The van der Waals surface area contributed by atoms with Crippen LogP contribution in [0.25, 0.3) is 0 Å². The SMILES string of the molecule is CC(C)N1C(=O)CN(S(=O)(=O)c2cc(O)cc(F)c2)CC1(C)C. The molecule has 1 amide bonds. The molecule has 0 unspecified atom stereocenters. The summed E-state index contributed by atoms with van der Waals surface area (Å²) in [7, 11) is -4.07. The van der Waals surface area contributed by atoms with Crippen LogP contribution in [0.3, 0.4) is 0 Å². The Bertz CT molecular complexity index is 711. The third-order valence-corrected chi connectivity index (χ3v) is 5.58. The number of carbonyl (C=O) groups excluding carboxylic acids is 1. The quantitative estimate of drug-likeness (QED) is 0.902. The largest absolute Gasteiger partial charge is 0.508 e. The van der Waals surface area contributed by atoms with Crippen LogP contribution in [0.5, 0.6) is 5.75 Å². The molecular weight excluding hydrogens is 323 g/mol. The third kappa shape index (κ3) is 3.32. The first-order valence-corrected chi connectivity index (χ1v) is 8.71. The van der Waals surface area contributed by atoms with Crippen LogP contribution in [-0.2, 0) is 14.8 Å². The second kappa shape index (κ2) is 5.76. The van der Waals surface area contributed by atoms with Crippen molar-refractivity contribution in [3.05, 3.63) is 24.0 Å². The van der Waals surface area contributed by atoms with Crippen LogP contribution in [0.4, 0.5) is 4.39 Å². The van der Waals surface area contributed by atoms with E-state index in [1.54, 1.807) is 18.7 Å². The summed E-state index contributed by atoms with van der Waals surface area (Å²) in [4.78, 5) is 13.7. The number of rotatable bonds is 3. The second-order valence-corrected chi connectivity index (χ2v) is 8.53. The summed E-state index contributed by atoms with van der Waals surface area (Å²) in [5.74, 6) is -1.63. The van der Waals surface area contributed by atoms with Gasteiger partial charge in [0.2, 0.25) is 15.9 Å². The first kappa shape index (κ1) is 17.7. The molecule has 1 aromatic rings. The molecule has 2 rings (SSSR count). The number of amides is 1. The number of hydrogen-bond acceptors (Lipinski definition) is 4. The first-order chi connectivity index (χ1) is 10.4. The van der Waals surface area contributed by atoms with Crippen LogP contribution in [0.2, 0.25) is 0 Å². The highest BCUT2D eigenvalue weighted by molar-refractivity contribution is 7.89. The van der Waals surface area contributed by atoms with Gasteiger partial charge in [-0.25, -0.2) is 12.8 Å². The number of piperazine rings is 1. The molecule has 23 heavy (non-hydrogen) atoms. The standard InChI is InChI=1S/C15H21FN2O4S/c1-10(2)18-14(20)8-17(9-15(18,3)4)23(21,22)13-6-11(16)5-12(19)7-13/h5-7,10,19H,8-9H2,1-4H3. The van der Waals surface area contributed by atoms with Crippen molar-refractivity contribution in [3.63, 3.8) is 0 Å². The lowest BCUT2D eigenvalue weighted by atomic mass is 9.98. The van der Waals surface area contributed by atoms with Gasteiger partial charge in [-0.05, 0) is 33.8 Å². The van der Waals surface area contributed by atoms with Crippen LogP contribution in [0.1, 0.15) is 27.7 Å². The summed E-state index contributed by atoms with van der Waals surface area (Å²) in [6.07, 6.45) is 0. The van der Waals surface area contributed by atoms with Crippen LogP contribution >= 0.6 is 0 Å². The molecular formula is C15H21FN2O4S. The maximum Gasteiger partial charge on any atom is 0.243 e. The Morgan fingerprint density at radius 2 is 1.87 bits per heavy atom. The van der Waals surface area contributed by atoms with E-state index in [1.165, 1.54) is 0 Å². The highest BCUT2D eigenvalue weighted by Crippen LogP contribution is 2.29. The van der Waals surface area contributed by atoms with Gasteiger partial charge in [0, 0.05) is 24.7 Å². The van der Waals surface area contributed by atoms with Gasteiger partial charge < -0.3 is 10.0 Å². The summed E-state index contributed by atoms with van der Waals surface area (Å²) >= 11 is 0. The number of phenolic OH excluding ortho intramolecular Hbond substituents is 1. The van der Waals surface area contributed by atoms with E-state index < -0.39 is 27.1 Å². The molecule has 1 saturated heterocycles. The Balaban J connectivity index is 2.40. The fourth-order valence-corrected chi connectivity index (χ4v) is 4.73. The third-order valence-electron chi connectivity index (χ3n) is 3.81. The smallest absolute Gasteiger partial charge is 0.243 e. The summed E-state index contributed by atoms with van der Waals surface area (Å²) < 4.78 is 39.8.